The zero-order chi connectivity index (χ0) is 20.8. The van der Waals surface area contributed by atoms with Crippen LogP contribution in [-0.2, 0) is 13.2 Å². The lowest BCUT2D eigenvalue weighted by molar-refractivity contribution is 0.284. The van der Waals surface area contributed by atoms with Crippen molar-refractivity contribution in [3.63, 3.8) is 0 Å². The fourth-order valence-electron chi connectivity index (χ4n) is 2.93. The number of ether oxygens (including phenoxy) is 2. The zero-order valence-electron chi connectivity index (χ0n) is 16.2. The van der Waals surface area contributed by atoms with Crippen molar-refractivity contribution in [2.45, 2.75) is 26.1 Å². The zero-order valence-corrected chi connectivity index (χ0v) is 18.5. The van der Waals surface area contributed by atoms with Gasteiger partial charge in [-0.1, -0.05) is 71.2 Å². The first-order valence-electron chi connectivity index (χ1n) is 9.19. The van der Waals surface area contributed by atoms with Gasteiger partial charge in [0, 0.05) is 12.6 Å². The van der Waals surface area contributed by atoms with E-state index in [1.54, 1.807) is 19.2 Å². The van der Waals surface area contributed by atoms with E-state index < -0.39 is 0 Å². The first kappa shape index (κ1) is 21.8. The molecule has 29 heavy (non-hydrogen) atoms. The van der Waals surface area contributed by atoms with E-state index in [4.69, 9.17) is 44.3 Å². The van der Waals surface area contributed by atoms with E-state index in [-0.39, 0.29) is 6.04 Å². The maximum absolute atomic E-state index is 6.49. The molecule has 1 N–H and O–H groups in total. The average molecular weight is 451 g/mol. The van der Waals surface area contributed by atoms with Gasteiger partial charge in [0.2, 0.25) is 0 Å². The van der Waals surface area contributed by atoms with Crippen molar-refractivity contribution in [3.05, 3.63) is 92.4 Å². The minimum atomic E-state index is 0.214. The molecule has 0 radical (unpaired) electrons. The molecule has 0 fully saturated rings. The molecule has 0 aliphatic heterocycles. The van der Waals surface area contributed by atoms with Crippen molar-refractivity contribution in [1.29, 1.82) is 0 Å². The van der Waals surface area contributed by atoms with Crippen molar-refractivity contribution in [1.82, 2.24) is 5.32 Å². The van der Waals surface area contributed by atoms with Crippen LogP contribution in [0, 0.1) is 0 Å². The van der Waals surface area contributed by atoms with E-state index in [9.17, 15) is 0 Å². The first-order valence-corrected chi connectivity index (χ1v) is 10.3. The molecule has 3 rings (SSSR count). The summed E-state index contributed by atoms with van der Waals surface area (Å²) < 4.78 is 11.4. The minimum Gasteiger partial charge on any atom is -0.493 e. The molecule has 0 spiro atoms. The van der Waals surface area contributed by atoms with Gasteiger partial charge >= 0.3 is 0 Å². The normalized spacial score (nSPS) is 11.9. The lowest BCUT2D eigenvalue weighted by Crippen LogP contribution is -2.18. The molecular formula is C23H22Cl3NO2. The van der Waals surface area contributed by atoms with E-state index in [0.29, 0.717) is 39.7 Å². The third kappa shape index (κ3) is 5.80. The molecule has 152 valence electrons. The van der Waals surface area contributed by atoms with Crippen LogP contribution in [0.3, 0.4) is 0 Å². The Labute approximate surface area is 186 Å². The Morgan fingerprint density at radius 1 is 0.862 bits per heavy atom. The molecule has 3 aromatic rings. The summed E-state index contributed by atoms with van der Waals surface area (Å²) in [6.45, 7) is 3.08. The highest BCUT2D eigenvalue weighted by Crippen LogP contribution is 2.37. The van der Waals surface area contributed by atoms with Crippen molar-refractivity contribution in [2.75, 3.05) is 7.11 Å². The fraction of sp³-hybridized carbons (Fsp3) is 0.217. The molecule has 0 bridgehead atoms. The molecule has 0 saturated carbocycles. The molecule has 0 saturated heterocycles. The van der Waals surface area contributed by atoms with Crippen LogP contribution in [0.1, 0.15) is 29.7 Å². The van der Waals surface area contributed by atoms with E-state index in [1.165, 1.54) is 5.56 Å². The predicted octanol–water partition coefficient (Wildman–Crippen LogP) is 7.09. The van der Waals surface area contributed by atoms with Crippen LogP contribution in [0.4, 0.5) is 0 Å². The number of nitrogens with one attached hydrogen (secondary N) is 1. The Balaban J connectivity index is 1.69. The summed E-state index contributed by atoms with van der Waals surface area (Å²) in [6, 6.07) is 19.7. The Kier molecular flexibility index (Phi) is 7.68. The fourth-order valence-corrected chi connectivity index (χ4v) is 3.54. The summed E-state index contributed by atoms with van der Waals surface area (Å²) >= 11 is 18.5. The second kappa shape index (κ2) is 10.2. The third-order valence-corrected chi connectivity index (χ3v) is 5.59. The highest BCUT2D eigenvalue weighted by Gasteiger charge is 2.14. The van der Waals surface area contributed by atoms with Crippen LogP contribution in [0.5, 0.6) is 11.5 Å². The highest BCUT2D eigenvalue weighted by atomic mass is 35.5. The van der Waals surface area contributed by atoms with Gasteiger partial charge in [-0.3, -0.25) is 0 Å². The van der Waals surface area contributed by atoms with Gasteiger partial charge in [0.15, 0.2) is 11.5 Å². The molecule has 0 heterocycles. The summed E-state index contributed by atoms with van der Waals surface area (Å²) in [5, 5.41) is 4.99. The summed E-state index contributed by atoms with van der Waals surface area (Å²) in [5.74, 6) is 1.09. The number of hydrogen-bond donors (Lipinski definition) is 1. The largest absolute Gasteiger partial charge is 0.493 e. The third-order valence-electron chi connectivity index (χ3n) is 4.57. The summed E-state index contributed by atoms with van der Waals surface area (Å²) in [5.41, 5.74) is 3.13. The van der Waals surface area contributed by atoms with Gasteiger partial charge in [0.1, 0.15) is 6.61 Å². The highest BCUT2D eigenvalue weighted by molar-refractivity contribution is 6.42. The smallest absolute Gasteiger partial charge is 0.180 e. The summed E-state index contributed by atoms with van der Waals surface area (Å²) in [7, 11) is 1.60. The number of benzene rings is 3. The van der Waals surface area contributed by atoms with Crippen molar-refractivity contribution in [2.24, 2.45) is 0 Å². The quantitative estimate of drug-likeness (QED) is 0.397. The average Bonchev–Trinajstić information content (AvgIpc) is 2.73. The maximum Gasteiger partial charge on any atom is 0.180 e. The lowest BCUT2D eigenvalue weighted by atomic mass is 10.1. The standard InChI is InChI=1S/C23H22Cl3NO2/c1-15(18-6-4-3-5-7-18)27-13-17-11-21(26)23(22(12-17)28-2)29-14-16-8-9-19(24)20(25)10-16/h3-12,15,27H,13-14H2,1-2H3/t15-/m1/s1. The Morgan fingerprint density at radius 2 is 1.59 bits per heavy atom. The van der Waals surface area contributed by atoms with Gasteiger partial charge in [0.05, 0.1) is 22.2 Å². The second-order valence-electron chi connectivity index (χ2n) is 6.66. The molecule has 0 aliphatic carbocycles. The molecule has 0 amide bonds. The summed E-state index contributed by atoms with van der Waals surface area (Å²) in [4.78, 5) is 0. The van der Waals surface area contributed by atoms with E-state index in [2.05, 4.69) is 24.4 Å². The van der Waals surface area contributed by atoms with Crippen molar-refractivity contribution in [3.8, 4) is 11.5 Å². The number of rotatable bonds is 8. The van der Waals surface area contributed by atoms with Crippen LogP contribution in [0.25, 0.3) is 0 Å². The number of methoxy groups -OCH3 is 1. The monoisotopic (exact) mass is 449 g/mol. The molecule has 0 aliphatic rings. The van der Waals surface area contributed by atoms with E-state index in [0.717, 1.165) is 11.1 Å². The van der Waals surface area contributed by atoms with Gasteiger partial charge in [-0.25, -0.2) is 0 Å². The first-order chi connectivity index (χ1) is 14.0. The Morgan fingerprint density at radius 3 is 2.28 bits per heavy atom. The van der Waals surface area contributed by atoms with Crippen LogP contribution in [0.15, 0.2) is 60.7 Å². The molecular weight excluding hydrogens is 429 g/mol. The Bertz CT molecular complexity index is 964. The van der Waals surface area contributed by atoms with E-state index in [1.807, 2.05) is 36.4 Å². The molecule has 0 aromatic heterocycles. The Hall–Kier alpha value is -1.91. The summed E-state index contributed by atoms with van der Waals surface area (Å²) in [6.07, 6.45) is 0. The van der Waals surface area contributed by atoms with Gasteiger partial charge in [-0.15, -0.1) is 0 Å². The maximum atomic E-state index is 6.49. The van der Waals surface area contributed by atoms with Crippen LogP contribution in [-0.4, -0.2) is 7.11 Å². The predicted molar refractivity (Wildman–Crippen MR) is 120 cm³/mol. The lowest BCUT2D eigenvalue weighted by Gasteiger charge is -2.17. The van der Waals surface area contributed by atoms with E-state index >= 15 is 0 Å². The van der Waals surface area contributed by atoms with Crippen LogP contribution >= 0.6 is 34.8 Å². The molecule has 0 unspecified atom stereocenters. The number of halogens is 3. The van der Waals surface area contributed by atoms with Crippen molar-refractivity contribution >= 4 is 34.8 Å². The molecule has 1 atom stereocenters. The molecule has 3 aromatic carbocycles. The SMILES string of the molecule is COc1cc(CN[C@H](C)c2ccccc2)cc(Cl)c1OCc1ccc(Cl)c(Cl)c1. The van der Waals surface area contributed by atoms with Crippen LogP contribution < -0.4 is 14.8 Å². The molecule has 3 nitrogen and oxygen atoms in total. The second-order valence-corrected chi connectivity index (χ2v) is 7.88. The minimum absolute atomic E-state index is 0.214. The van der Waals surface area contributed by atoms with Crippen molar-refractivity contribution < 1.29 is 9.47 Å². The van der Waals surface area contributed by atoms with Gasteiger partial charge in [-0.05, 0) is 47.9 Å². The molecule has 6 heteroatoms. The van der Waals surface area contributed by atoms with Gasteiger partial charge < -0.3 is 14.8 Å². The number of hydrogen-bond acceptors (Lipinski definition) is 3. The van der Waals surface area contributed by atoms with Crippen LogP contribution in [0.2, 0.25) is 15.1 Å². The van der Waals surface area contributed by atoms with Gasteiger partial charge in [-0.2, -0.15) is 0 Å². The van der Waals surface area contributed by atoms with Gasteiger partial charge in [0.25, 0.3) is 0 Å². The topological polar surface area (TPSA) is 30.5 Å².